The third-order valence-corrected chi connectivity index (χ3v) is 7.19. The monoisotopic (exact) mass is 536 g/mol. The zero-order chi connectivity index (χ0) is 28.6. The van der Waals surface area contributed by atoms with E-state index in [0.717, 1.165) is 44.8 Å². The van der Waals surface area contributed by atoms with Crippen molar-refractivity contribution in [3.8, 4) is 22.6 Å². The minimum atomic E-state index is -0.346. The van der Waals surface area contributed by atoms with Crippen molar-refractivity contribution in [1.29, 1.82) is 0 Å². The molecule has 40 heavy (non-hydrogen) atoms. The first-order chi connectivity index (χ1) is 19.1. The number of nitrogens with zero attached hydrogens (tertiary/aromatic N) is 1. The Morgan fingerprint density at radius 1 is 0.925 bits per heavy atom. The molecular weight excluding hydrogens is 503 g/mol. The molecule has 1 N–H and O–H groups in total. The van der Waals surface area contributed by atoms with E-state index in [1.165, 1.54) is 12.1 Å². The predicted molar refractivity (Wildman–Crippen MR) is 158 cm³/mol. The van der Waals surface area contributed by atoms with Crippen LogP contribution >= 0.6 is 0 Å². The number of allylic oxidation sites excluding steroid dienone is 1. The number of anilines is 1. The minimum absolute atomic E-state index is 0.127. The summed E-state index contributed by atoms with van der Waals surface area (Å²) in [4.78, 5) is 17.5. The lowest BCUT2D eigenvalue weighted by Crippen LogP contribution is -2.32. The highest BCUT2D eigenvalue weighted by Gasteiger charge is 2.27. The summed E-state index contributed by atoms with van der Waals surface area (Å²) in [5.74, 6) is 0.591. The number of fused-ring (bicyclic) bond motifs is 1. The van der Waals surface area contributed by atoms with Gasteiger partial charge in [-0.15, -0.1) is 0 Å². The van der Waals surface area contributed by atoms with Gasteiger partial charge in [-0.25, -0.2) is 4.39 Å². The fraction of sp³-hybridized carbons (Fsp3) is 0.235. The van der Waals surface area contributed by atoms with Gasteiger partial charge in [0.05, 0.1) is 12.6 Å². The normalized spacial score (nSPS) is 13.6. The van der Waals surface area contributed by atoms with Gasteiger partial charge in [0.1, 0.15) is 23.9 Å². The van der Waals surface area contributed by atoms with Gasteiger partial charge in [0.2, 0.25) is 0 Å². The summed E-state index contributed by atoms with van der Waals surface area (Å²) in [6.07, 6.45) is 3.79. The summed E-state index contributed by atoms with van der Waals surface area (Å²) in [6.45, 7) is 10.3. The molecule has 5 nitrogen and oxygen atoms in total. The molecule has 0 spiro atoms. The number of rotatable bonds is 7. The third-order valence-electron chi connectivity index (χ3n) is 7.19. The first-order valence-corrected chi connectivity index (χ1v) is 13.2. The molecule has 4 aromatic rings. The zero-order valence-electron chi connectivity index (χ0n) is 23.7. The number of carbonyl (C=O) groups excluding carboxylic acids is 1. The number of methoxy groups -OCH3 is 1. The molecule has 5 rings (SSSR count). The van der Waals surface area contributed by atoms with Crippen molar-refractivity contribution in [3.63, 3.8) is 0 Å². The number of ketones is 1. The van der Waals surface area contributed by atoms with Gasteiger partial charge < -0.3 is 14.8 Å². The van der Waals surface area contributed by atoms with Gasteiger partial charge in [-0.1, -0.05) is 24.3 Å². The maximum Gasteiger partial charge on any atom is 0.194 e. The van der Waals surface area contributed by atoms with E-state index >= 15 is 0 Å². The molecule has 1 aromatic heterocycles. The van der Waals surface area contributed by atoms with Crippen molar-refractivity contribution >= 4 is 17.0 Å². The summed E-state index contributed by atoms with van der Waals surface area (Å²) in [5.41, 5.74) is 8.37. The molecule has 2 heterocycles. The molecule has 3 aromatic carbocycles. The van der Waals surface area contributed by atoms with Gasteiger partial charge in [0, 0.05) is 51.5 Å². The highest BCUT2D eigenvalue weighted by molar-refractivity contribution is 6.09. The van der Waals surface area contributed by atoms with Crippen LogP contribution in [0.15, 0.2) is 72.9 Å². The van der Waals surface area contributed by atoms with Crippen LogP contribution in [0.1, 0.15) is 59.1 Å². The first kappa shape index (κ1) is 27.1. The molecule has 1 aliphatic rings. The summed E-state index contributed by atoms with van der Waals surface area (Å²) >= 11 is 0. The fourth-order valence-corrected chi connectivity index (χ4v) is 5.30. The second-order valence-electron chi connectivity index (χ2n) is 10.8. The van der Waals surface area contributed by atoms with Crippen molar-refractivity contribution in [2.45, 2.75) is 46.8 Å². The Morgan fingerprint density at radius 2 is 1.68 bits per heavy atom. The molecular formula is C34H33FN2O3. The number of aryl methyl sites for hydroxylation is 2. The molecule has 0 aliphatic carbocycles. The lowest BCUT2D eigenvalue weighted by atomic mass is 9.85. The molecule has 0 saturated heterocycles. The maximum absolute atomic E-state index is 14.0. The molecule has 0 amide bonds. The number of carbonyl (C=O) groups is 1. The topological polar surface area (TPSA) is 60.5 Å². The molecule has 0 fully saturated rings. The van der Waals surface area contributed by atoms with Crippen molar-refractivity contribution in [2.75, 3.05) is 12.4 Å². The molecule has 0 radical (unpaired) electrons. The third kappa shape index (κ3) is 5.34. The molecule has 204 valence electrons. The van der Waals surface area contributed by atoms with Gasteiger partial charge in [-0.05, 0) is 87.7 Å². The van der Waals surface area contributed by atoms with E-state index in [4.69, 9.17) is 9.47 Å². The van der Waals surface area contributed by atoms with E-state index in [1.54, 1.807) is 31.5 Å². The summed E-state index contributed by atoms with van der Waals surface area (Å²) in [5, 5.41) is 3.61. The molecule has 6 heteroatoms. The minimum Gasteiger partial charge on any atom is -0.496 e. The predicted octanol–water partition coefficient (Wildman–Crippen LogP) is 7.93. The number of ether oxygens (including phenoxy) is 2. The van der Waals surface area contributed by atoms with Crippen LogP contribution < -0.4 is 14.8 Å². The summed E-state index contributed by atoms with van der Waals surface area (Å²) in [7, 11) is 1.60. The van der Waals surface area contributed by atoms with Crippen LogP contribution in [0, 0.1) is 19.7 Å². The van der Waals surface area contributed by atoms with Crippen LogP contribution in [0.25, 0.3) is 16.7 Å². The quantitative estimate of drug-likeness (QED) is 0.243. The van der Waals surface area contributed by atoms with Gasteiger partial charge in [-0.3, -0.25) is 9.78 Å². The Kier molecular flexibility index (Phi) is 7.19. The molecule has 0 saturated carbocycles. The van der Waals surface area contributed by atoms with Crippen LogP contribution in [0.3, 0.4) is 0 Å². The molecule has 0 atom stereocenters. The second kappa shape index (κ2) is 10.6. The Labute approximate surface area is 234 Å². The van der Waals surface area contributed by atoms with Gasteiger partial charge >= 0.3 is 0 Å². The van der Waals surface area contributed by atoms with E-state index in [1.807, 2.05) is 38.1 Å². The Bertz CT molecular complexity index is 1640. The zero-order valence-corrected chi connectivity index (χ0v) is 23.7. The van der Waals surface area contributed by atoms with Crippen LogP contribution in [0.5, 0.6) is 11.5 Å². The van der Waals surface area contributed by atoms with E-state index in [2.05, 4.69) is 43.2 Å². The van der Waals surface area contributed by atoms with Crippen LogP contribution in [-0.2, 0) is 6.61 Å². The van der Waals surface area contributed by atoms with E-state index < -0.39 is 0 Å². The number of benzene rings is 3. The number of halogens is 1. The smallest absolute Gasteiger partial charge is 0.194 e. The summed E-state index contributed by atoms with van der Waals surface area (Å²) in [6, 6.07) is 17.7. The van der Waals surface area contributed by atoms with Crippen LogP contribution in [0.2, 0.25) is 0 Å². The number of pyridine rings is 1. The van der Waals surface area contributed by atoms with Gasteiger partial charge in [-0.2, -0.15) is 0 Å². The highest BCUT2D eigenvalue weighted by atomic mass is 19.1. The first-order valence-electron chi connectivity index (χ1n) is 13.2. The van der Waals surface area contributed by atoms with E-state index in [0.29, 0.717) is 22.6 Å². The lowest BCUT2D eigenvalue weighted by molar-refractivity contribution is 0.103. The van der Waals surface area contributed by atoms with Crippen LogP contribution in [-0.4, -0.2) is 23.4 Å². The van der Waals surface area contributed by atoms with E-state index in [-0.39, 0.29) is 23.7 Å². The van der Waals surface area contributed by atoms with Gasteiger partial charge in [0.25, 0.3) is 0 Å². The highest BCUT2D eigenvalue weighted by Crippen LogP contribution is 2.43. The number of hydrogen-bond acceptors (Lipinski definition) is 5. The van der Waals surface area contributed by atoms with Crippen molar-refractivity contribution in [1.82, 2.24) is 4.98 Å². The molecule has 1 aliphatic heterocycles. The van der Waals surface area contributed by atoms with Crippen molar-refractivity contribution in [3.05, 3.63) is 112 Å². The van der Waals surface area contributed by atoms with Crippen molar-refractivity contribution < 1.29 is 18.7 Å². The number of aromatic nitrogens is 1. The SMILES string of the molecule is COc1cc(C(=O)c2ccc(C)nc2)ccc1-c1ccc2c(c1COc1cc(F)ccc1C)C(C)=CC(C)(C)N2. The Morgan fingerprint density at radius 3 is 2.40 bits per heavy atom. The Balaban J connectivity index is 1.61. The average Bonchev–Trinajstić information content (AvgIpc) is 2.92. The van der Waals surface area contributed by atoms with Gasteiger partial charge in [0.15, 0.2) is 5.78 Å². The standard InChI is InChI=1S/C34H33FN2O3/c1-20-7-11-25(35)16-30(20)40-19-28-26(13-14-29-32(28)21(2)17-34(4,5)37-29)27-12-10-23(15-31(27)39-6)33(38)24-9-8-22(3)36-18-24/h7-18,37H,19H2,1-6H3. The fourth-order valence-electron chi connectivity index (χ4n) is 5.30. The Hall–Kier alpha value is -4.45. The van der Waals surface area contributed by atoms with Crippen molar-refractivity contribution in [2.24, 2.45) is 0 Å². The number of hydrogen-bond donors (Lipinski definition) is 1. The average molecular weight is 537 g/mol. The number of nitrogens with one attached hydrogen (secondary N) is 1. The lowest BCUT2D eigenvalue weighted by Gasteiger charge is -2.33. The summed E-state index contributed by atoms with van der Waals surface area (Å²) < 4.78 is 26.1. The van der Waals surface area contributed by atoms with Crippen LogP contribution in [0.4, 0.5) is 10.1 Å². The molecule has 0 bridgehead atoms. The largest absolute Gasteiger partial charge is 0.496 e. The maximum atomic E-state index is 14.0. The van der Waals surface area contributed by atoms with E-state index in [9.17, 15) is 9.18 Å². The molecule has 0 unspecified atom stereocenters. The second-order valence-corrected chi connectivity index (χ2v) is 10.8.